The Balaban J connectivity index is 1.34. The second-order valence-electron chi connectivity index (χ2n) is 11.2. The maximum absolute atomic E-state index is 13.3. The number of carbonyl (C=O) groups excluding carboxylic acids is 3. The van der Waals surface area contributed by atoms with Crippen LogP contribution in [0.2, 0.25) is 0 Å². The lowest BCUT2D eigenvalue weighted by atomic mass is 10.0. The predicted molar refractivity (Wildman–Crippen MR) is 151 cm³/mol. The maximum Gasteiger partial charge on any atom is 0.254 e. The number of fused-ring (bicyclic) bond motifs is 5. The van der Waals surface area contributed by atoms with E-state index in [0.29, 0.717) is 49.7 Å². The highest BCUT2D eigenvalue weighted by molar-refractivity contribution is 5.96. The number of piperidine rings is 1. The molecule has 9 nitrogen and oxygen atoms in total. The topological polar surface area (TPSA) is 91.4 Å². The van der Waals surface area contributed by atoms with Crippen LogP contribution in [-0.4, -0.2) is 90.9 Å². The number of nitrogens with one attached hydrogen (secondary N) is 1. The zero-order valence-corrected chi connectivity index (χ0v) is 23.6. The minimum atomic E-state index is -0.379. The molecule has 3 heterocycles. The van der Waals surface area contributed by atoms with Crippen molar-refractivity contribution in [2.24, 2.45) is 0 Å². The first-order valence-electron chi connectivity index (χ1n) is 14.4. The van der Waals surface area contributed by atoms with Crippen LogP contribution in [0.3, 0.4) is 0 Å². The van der Waals surface area contributed by atoms with Crippen molar-refractivity contribution in [2.75, 3.05) is 46.3 Å². The Morgan fingerprint density at radius 3 is 2.62 bits per heavy atom. The highest BCUT2D eigenvalue weighted by atomic mass is 16.5. The Kier molecular flexibility index (Phi) is 9.01. The molecule has 2 fully saturated rings. The quantitative estimate of drug-likeness (QED) is 0.619. The second kappa shape index (κ2) is 12.8. The smallest absolute Gasteiger partial charge is 0.254 e. The average molecular weight is 549 g/mol. The number of nitrogens with zero attached hydrogens (tertiary/aromatic N) is 3. The molecule has 0 radical (unpaired) electrons. The number of carbonyl (C=O) groups is 3. The Bertz CT molecular complexity index is 1230. The number of aryl methyl sites for hydroxylation is 1. The van der Waals surface area contributed by atoms with Crippen molar-refractivity contribution in [1.29, 1.82) is 0 Å². The van der Waals surface area contributed by atoms with Gasteiger partial charge in [0.1, 0.15) is 11.5 Å². The van der Waals surface area contributed by atoms with E-state index in [1.807, 2.05) is 42.2 Å². The molecule has 4 bridgehead atoms. The molecule has 9 heteroatoms. The zero-order chi connectivity index (χ0) is 28.1. The number of hydrogen-bond acceptors (Lipinski definition) is 6. The maximum atomic E-state index is 13.3. The molecule has 0 spiro atoms. The van der Waals surface area contributed by atoms with E-state index in [4.69, 9.17) is 9.47 Å². The number of likely N-dealkylation sites (N-methyl/N-ethyl adjacent to an activating group) is 1. The van der Waals surface area contributed by atoms with Crippen LogP contribution in [0.15, 0.2) is 42.5 Å². The van der Waals surface area contributed by atoms with Gasteiger partial charge in [0.15, 0.2) is 0 Å². The molecule has 2 aromatic rings. The van der Waals surface area contributed by atoms with Crippen LogP contribution < -0.4 is 10.1 Å². The fourth-order valence-electron chi connectivity index (χ4n) is 5.71. The predicted octanol–water partition coefficient (Wildman–Crippen LogP) is 3.35. The van der Waals surface area contributed by atoms with Crippen LogP contribution in [0, 0.1) is 6.92 Å². The van der Waals surface area contributed by atoms with Crippen molar-refractivity contribution in [3.05, 3.63) is 59.2 Å². The van der Waals surface area contributed by atoms with Gasteiger partial charge in [-0.05, 0) is 74.7 Å². The highest BCUT2D eigenvalue weighted by Crippen LogP contribution is 2.28. The Labute approximate surface area is 236 Å². The Morgan fingerprint density at radius 2 is 1.82 bits per heavy atom. The number of hydrogen-bond donors (Lipinski definition) is 1. The third kappa shape index (κ3) is 7.01. The van der Waals surface area contributed by atoms with Gasteiger partial charge in [-0.25, -0.2) is 0 Å². The molecule has 0 aromatic heterocycles. The van der Waals surface area contributed by atoms with Gasteiger partial charge in [0.25, 0.3) is 5.91 Å². The van der Waals surface area contributed by atoms with Gasteiger partial charge in [-0.3, -0.25) is 19.3 Å². The van der Waals surface area contributed by atoms with E-state index in [0.717, 1.165) is 37.1 Å². The molecule has 3 aliphatic heterocycles. The van der Waals surface area contributed by atoms with Gasteiger partial charge in [0.2, 0.25) is 11.8 Å². The molecule has 0 unspecified atom stereocenters. The fourth-order valence-corrected chi connectivity index (χ4v) is 5.71. The molecule has 2 aromatic carbocycles. The first-order chi connectivity index (χ1) is 19.4. The lowest BCUT2D eigenvalue weighted by Gasteiger charge is -2.39. The van der Waals surface area contributed by atoms with Crippen LogP contribution >= 0.6 is 0 Å². The average Bonchev–Trinajstić information content (AvgIpc) is 3.21. The van der Waals surface area contributed by atoms with Gasteiger partial charge in [0, 0.05) is 25.7 Å². The lowest BCUT2D eigenvalue weighted by Crippen LogP contribution is -2.59. The third-order valence-corrected chi connectivity index (χ3v) is 8.06. The first-order valence-corrected chi connectivity index (χ1v) is 14.4. The summed E-state index contributed by atoms with van der Waals surface area (Å²) >= 11 is 0. The van der Waals surface area contributed by atoms with Crippen molar-refractivity contribution in [2.45, 2.75) is 57.8 Å². The first kappa shape index (κ1) is 28.1. The molecule has 40 heavy (non-hydrogen) atoms. The van der Waals surface area contributed by atoms with Crippen molar-refractivity contribution in [1.82, 2.24) is 20.0 Å². The molecule has 1 N–H and O–H groups in total. The van der Waals surface area contributed by atoms with E-state index in [-0.39, 0.29) is 36.4 Å². The molecular formula is C31H40N4O5. The molecule has 0 aliphatic carbocycles. The number of ether oxygens (including phenoxy) is 2. The largest absolute Gasteiger partial charge is 0.457 e. The molecule has 3 amide bonds. The summed E-state index contributed by atoms with van der Waals surface area (Å²) in [4.78, 5) is 45.1. The van der Waals surface area contributed by atoms with Crippen LogP contribution in [0.4, 0.5) is 0 Å². The van der Waals surface area contributed by atoms with E-state index in [2.05, 4.69) is 10.2 Å². The Hall–Kier alpha value is -3.43. The van der Waals surface area contributed by atoms with Crippen molar-refractivity contribution < 1.29 is 23.9 Å². The normalized spacial score (nSPS) is 23.1. The van der Waals surface area contributed by atoms with Crippen LogP contribution in [0.25, 0.3) is 0 Å². The summed E-state index contributed by atoms with van der Waals surface area (Å²) in [6.07, 6.45) is 5.05. The molecular weight excluding hydrogens is 508 g/mol. The van der Waals surface area contributed by atoms with Gasteiger partial charge >= 0.3 is 0 Å². The zero-order valence-electron chi connectivity index (χ0n) is 23.6. The summed E-state index contributed by atoms with van der Waals surface area (Å²) < 4.78 is 12.5. The summed E-state index contributed by atoms with van der Waals surface area (Å²) in [7, 11) is 1.61. The standard InChI is InChI=1S/C31H40N4O5/c1-22-10-11-24-17-28(22)40-25-9-7-8-23(16-25)21-39-27-12-15-35(30(37)20-34-13-5-3-4-6-14-34)18-26(27)32-29(36)19-33(2)31(24)38/h7-11,16-17,26-27H,3-6,12-15,18-21H2,1-2H3,(H,32,36)/t26-,27+/m0/s1. The number of benzene rings is 2. The molecule has 2 saturated heterocycles. The van der Waals surface area contributed by atoms with E-state index in [1.165, 1.54) is 17.7 Å². The molecule has 2 atom stereocenters. The van der Waals surface area contributed by atoms with Gasteiger partial charge in [0.05, 0.1) is 31.8 Å². The van der Waals surface area contributed by atoms with Crippen LogP contribution in [0.1, 0.15) is 53.6 Å². The van der Waals surface area contributed by atoms with Gasteiger partial charge in [-0.2, -0.15) is 0 Å². The second-order valence-corrected chi connectivity index (χ2v) is 11.2. The van der Waals surface area contributed by atoms with Gasteiger partial charge in [-0.1, -0.05) is 31.0 Å². The van der Waals surface area contributed by atoms with Crippen LogP contribution in [-0.2, 0) is 20.9 Å². The van der Waals surface area contributed by atoms with Gasteiger partial charge in [-0.15, -0.1) is 0 Å². The molecule has 214 valence electrons. The fraction of sp³-hybridized carbons (Fsp3) is 0.516. The van der Waals surface area contributed by atoms with Crippen molar-refractivity contribution in [3.8, 4) is 11.5 Å². The summed E-state index contributed by atoms with van der Waals surface area (Å²) in [5.74, 6) is 0.786. The van der Waals surface area contributed by atoms with Gasteiger partial charge < -0.3 is 24.6 Å². The molecule has 3 aliphatic rings. The van der Waals surface area contributed by atoms with Crippen LogP contribution in [0.5, 0.6) is 11.5 Å². The van der Waals surface area contributed by atoms with Crippen molar-refractivity contribution >= 4 is 17.7 Å². The molecule has 5 rings (SSSR count). The minimum Gasteiger partial charge on any atom is -0.457 e. The SMILES string of the molecule is Cc1ccc2cc1Oc1cccc(c1)CO[C@@H]1CCN(C(=O)CN3CCCCCC3)C[C@@H]1NC(=O)CN(C)C2=O. The lowest BCUT2D eigenvalue weighted by molar-refractivity contribution is -0.138. The van der Waals surface area contributed by atoms with E-state index in [9.17, 15) is 14.4 Å². The number of likely N-dealkylation sites (tertiary alicyclic amines) is 2. The number of rotatable bonds is 2. The minimum absolute atomic E-state index is 0.0917. The monoisotopic (exact) mass is 548 g/mol. The Morgan fingerprint density at radius 1 is 1.02 bits per heavy atom. The summed E-state index contributed by atoms with van der Waals surface area (Å²) in [5.41, 5.74) is 2.29. The summed E-state index contributed by atoms with van der Waals surface area (Å²) in [6, 6.07) is 12.6. The van der Waals surface area contributed by atoms with E-state index < -0.39 is 0 Å². The van der Waals surface area contributed by atoms with E-state index in [1.54, 1.807) is 19.2 Å². The third-order valence-electron chi connectivity index (χ3n) is 8.06. The molecule has 0 saturated carbocycles. The van der Waals surface area contributed by atoms with Crippen molar-refractivity contribution in [3.63, 3.8) is 0 Å². The highest BCUT2D eigenvalue weighted by Gasteiger charge is 2.34. The summed E-state index contributed by atoms with van der Waals surface area (Å²) in [6.45, 7) is 5.46. The summed E-state index contributed by atoms with van der Waals surface area (Å²) in [5, 5.41) is 3.08. The van der Waals surface area contributed by atoms with E-state index >= 15 is 0 Å². The number of amides is 3.